The number of carboxylic acid groups (broad SMARTS) is 1. The molecule has 0 amide bonds. The van der Waals surface area contributed by atoms with E-state index in [1.54, 1.807) is 0 Å². The molecule has 0 spiro atoms. The van der Waals surface area contributed by atoms with Gasteiger partial charge in [-0.05, 0) is 63.1 Å². The Morgan fingerprint density at radius 1 is 1.41 bits per heavy atom. The minimum atomic E-state index is -0.727. The number of carboxylic acids is 1. The van der Waals surface area contributed by atoms with Crippen LogP contribution in [0.2, 0.25) is 0 Å². The van der Waals surface area contributed by atoms with Crippen molar-refractivity contribution < 1.29 is 14.6 Å². The molecule has 1 saturated heterocycles. The zero-order valence-electron chi connectivity index (χ0n) is 15.7. The SMILES string of the molecule is CCOc1ccc(Br)cc1C(c1ccc(C)cn1)N1CCCC(C(=O)O)C1. The summed E-state index contributed by atoms with van der Waals surface area (Å²) in [6.45, 7) is 5.89. The van der Waals surface area contributed by atoms with Gasteiger partial charge < -0.3 is 9.84 Å². The largest absolute Gasteiger partial charge is 0.494 e. The molecule has 0 radical (unpaired) electrons. The van der Waals surface area contributed by atoms with Crippen LogP contribution in [0.3, 0.4) is 0 Å². The molecule has 2 unspecified atom stereocenters. The second kappa shape index (κ2) is 8.85. The Kier molecular flexibility index (Phi) is 6.50. The van der Waals surface area contributed by atoms with Gasteiger partial charge in [-0.25, -0.2) is 0 Å². The highest BCUT2D eigenvalue weighted by Gasteiger charge is 2.33. The van der Waals surface area contributed by atoms with Gasteiger partial charge in [0.2, 0.25) is 0 Å². The fourth-order valence-corrected chi connectivity index (χ4v) is 4.03. The van der Waals surface area contributed by atoms with E-state index in [0.29, 0.717) is 13.2 Å². The molecule has 1 N–H and O–H groups in total. The van der Waals surface area contributed by atoms with Crippen molar-refractivity contribution in [2.45, 2.75) is 32.7 Å². The van der Waals surface area contributed by atoms with E-state index in [1.807, 2.05) is 44.3 Å². The summed E-state index contributed by atoms with van der Waals surface area (Å²) in [4.78, 5) is 18.5. The summed E-state index contributed by atoms with van der Waals surface area (Å²) >= 11 is 3.57. The Labute approximate surface area is 168 Å². The number of carbonyl (C=O) groups is 1. The first-order valence-electron chi connectivity index (χ1n) is 9.31. The number of piperidine rings is 1. The van der Waals surface area contributed by atoms with Crippen LogP contribution in [-0.4, -0.2) is 40.7 Å². The maximum Gasteiger partial charge on any atom is 0.307 e. The third kappa shape index (κ3) is 4.68. The average molecular weight is 433 g/mol. The first-order chi connectivity index (χ1) is 13.0. The molecule has 1 aliphatic heterocycles. The third-order valence-electron chi connectivity index (χ3n) is 4.95. The number of aryl methyl sites for hydroxylation is 1. The molecule has 1 fully saturated rings. The van der Waals surface area contributed by atoms with Crippen molar-refractivity contribution in [2.24, 2.45) is 5.92 Å². The van der Waals surface area contributed by atoms with Gasteiger partial charge in [-0.2, -0.15) is 0 Å². The number of benzene rings is 1. The molecule has 2 aromatic rings. The molecule has 1 aromatic heterocycles. The van der Waals surface area contributed by atoms with Crippen LogP contribution in [0.4, 0.5) is 0 Å². The molecule has 0 bridgehead atoms. The first-order valence-corrected chi connectivity index (χ1v) is 10.1. The Bertz CT molecular complexity index is 795. The lowest BCUT2D eigenvalue weighted by molar-refractivity contribution is -0.143. The fourth-order valence-electron chi connectivity index (χ4n) is 3.65. The smallest absolute Gasteiger partial charge is 0.307 e. The van der Waals surface area contributed by atoms with Crippen LogP contribution in [0.5, 0.6) is 5.75 Å². The van der Waals surface area contributed by atoms with Gasteiger partial charge in [0.15, 0.2) is 0 Å². The van der Waals surface area contributed by atoms with Crippen LogP contribution in [0.15, 0.2) is 41.0 Å². The number of rotatable bonds is 6. The van der Waals surface area contributed by atoms with E-state index < -0.39 is 5.97 Å². The zero-order chi connectivity index (χ0) is 19.4. The Hall–Kier alpha value is -1.92. The predicted molar refractivity (Wildman–Crippen MR) is 108 cm³/mol. The number of pyridine rings is 1. The van der Waals surface area contributed by atoms with E-state index in [2.05, 4.69) is 31.9 Å². The number of aliphatic carboxylic acids is 1. The molecule has 6 heteroatoms. The van der Waals surface area contributed by atoms with Crippen LogP contribution < -0.4 is 4.74 Å². The number of nitrogens with zero attached hydrogens (tertiary/aromatic N) is 2. The van der Waals surface area contributed by atoms with Gasteiger partial charge in [0, 0.05) is 22.8 Å². The normalized spacial score (nSPS) is 18.9. The standard InChI is InChI=1S/C21H25BrN2O3/c1-3-27-19-9-7-16(22)11-17(19)20(18-8-6-14(2)12-23-18)24-10-4-5-15(13-24)21(25)26/h6-9,11-12,15,20H,3-5,10,13H2,1-2H3,(H,25,26). The quantitative estimate of drug-likeness (QED) is 0.730. The molecule has 3 rings (SSSR count). The van der Waals surface area contributed by atoms with Crippen LogP contribution in [0.1, 0.15) is 42.6 Å². The summed E-state index contributed by atoms with van der Waals surface area (Å²) in [5.74, 6) is -0.269. The minimum absolute atomic E-state index is 0.146. The van der Waals surface area contributed by atoms with Gasteiger partial charge in [-0.1, -0.05) is 22.0 Å². The fraction of sp³-hybridized carbons (Fsp3) is 0.429. The molecular formula is C21H25BrN2O3. The maximum absolute atomic E-state index is 11.6. The first kappa shape index (κ1) is 19.8. The van der Waals surface area contributed by atoms with E-state index >= 15 is 0 Å². The number of hydrogen-bond acceptors (Lipinski definition) is 4. The van der Waals surface area contributed by atoms with Gasteiger partial charge in [-0.15, -0.1) is 0 Å². The summed E-state index contributed by atoms with van der Waals surface area (Å²) in [6.07, 6.45) is 3.44. The second-order valence-electron chi connectivity index (χ2n) is 6.95. The van der Waals surface area contributed by atoms with Crippen LogP contribution in [-0.2, 0) is 4.79 Å². The highest BCUT2D eigenvalue weighted by Crippen LogP contribution is 2.38. The summed E-state index contributed by atoms with van der Waals surface area (Å²) in [7, 11) is 0. The van der Waals surface area contributed by atoms with Gasteiger partial charge >= 0.3 is 5.97 Å². The molecule has 27 heavy (non-hydrogen) atoms. The van der Waals surface area contributed by atoms with Crippen molar-refractivity contribution >= 4 is 21.9 Å². The monoisotopic (exact) mass is 432 g/mol. The average Bonchev–Trinajstić information content (AvgIpc) is 2.66. The topological polar surface area (TPSA) is 62.7 Å². The number of halogens is 1. The molecule has 5 nitrogen and oxygen atoms in total. The lowest BCUT2D eigenvalue weighted by Gasteiger charge is -2.37. The van der Waals surface area contributed by atoms with Gasteiger partial charge in [0.05, 0.1) is 24.3 Å². The van der Waals surface area contributed by atoms with Gasteiger partial charge in [-0.3, -0.25) is 14.7 Å². The van der Waals surface area contributed by atoms with Crippen LogP contribution >= 0.6 is 15.9 Å². The molecule has 2 heterocycles. The Balaban J connectivity index is 2.07. The summed E-state index contributed by atoms with van der Waals surface area (Å²) in [5, 5.41) is 9.52. The lowest BCUT2D eigenvalue weighted by atomic mass is 9.93. The molecule has 1 aliphatic rings. The third-order valence-corrected chi connectivity index (χ3v) is 5.44. The number of ether oxygens (including phenoxy) is 1. The lowest BCUT2D eigenvalue weighted by Crippen LogP contribution is -2.41. The maximum atomic E-state index is 11.6. The van der Waals surface area contributed by atoms with Crippen molar-refractivity contribution in [3.8, 4) is 5.75 Å². The summed E-state index contributed by atoms with van der Waals surface area (Å²) in [5.41, 5.74) is 3.01. The Morgan fingerprint density at radius 2 is 2.22 bits per heavy atom. The number of aromatic nitrogens is 1. The number of hydrogen-bond donors (Lipinski definition) is 1. The molecule has 144 valence electrons. The zero-order valence-corrected chi connectivity index (χ0v) is 17.3. The minimum Gasteiger partial charge on any atom is -0.494 e. The molecule has 2 atom stereocenters. The second-order valence-corrected chi connectivity index (χ2v) is 7.87. The molecule has 0 saturated carbocycles. The van der Waals surface area contributed by atoms with Crippen LogP contribution in [0, 0.1) is 12.8 Å². The van der Waals surface area contributed by atoms with Gasteiger partial charge in [0.25, 0.3) is 0 Å². The molecule has 1 aromatic carbocycles. The van der Waals surface area contributed by atoms with Crippen molar-refractivity contribution in [3.63, 3.8) is 0 Å². The number of likely N-dealkylation sites (tertiary alicyclic amines) is 1. The highest BCUT2D eigenvalue weighted by atomic mass is 79.9. The predicted octanol–water partition coefficient (Wildman–Crippen LogP) is 4.44. The van der Waals surface area contributed by atoms with Gasteiger partial charge in [0.1, 0.15) is 5.75 Å². The molecule has 0 aliphatic carbocycles. The van der Waals surface area contributed by atoms with E-state index in [9.17, 15) is 9.90 Å². The Morgan fingerprint density at radius 3 is 2.89 bits per heavy atom. The van der Waals surface area contributed by atoms with Crippen LogP contribution in [0.25, 0.3) is 0 Å². The van der Waals surface area contributed by atoms with E-state index in [1.165, 1.54) is 0 Å². The summed E-state index contributed by atoms with van der Waals surface area (Å²) in [6, 6.07) is 9.91. The van der Waals surface area contributed by atoms with Crippen molar-refractivity contribution in [1.82, 2.24) is 9.88 Å². The van der Waals surface area contributed by atoms with Crippen molar-refractivity contribution in [3.05, 3.63) is 57.8 Å². The van der Waals surface area contributed by atoms with E-state index in [-0.39, 0.29) is 12.0 Å². The van der Waals surface area contributed by atoms with Crippen molar-refractivity contribution in [1.29, 1.82) is 0 Å². The van der Waals surface area contributed by atoms with E-state index in [4.69, 9.17) is 4.74 Å². The summed E-state index contributed by atoms with van der Waals surface area (Å²) < 4.78 is 6.85. The van der Waals surface area contributed by atoms with Crippen molar-refractivity contribution in [2.75, 3.05) is 19.7 Å². The molecular weight excluding hydrogens is 408 g/mol. The highest BCUT2D eigenvalue weighted by molar-refractivity contribution is 9.10. The van der Waals surface area contributed by atoms with E-state index in [0.717, 1.165) is 46.4 Å².